The molecule has 2 nitrogen and oxygen atoms in total. The van der Waals surface area contributed by atoms with E-state index in [1.165, 1.54) is 6.08 Å². The van der Waals surface area contributed by atoms with Gasteiger partial charge in [0.15, 0.2) is 5.78 Å². The molecule has 0 bridgehead atoms. The Morgan fingerprint density at radius 1 is 1.73 bits per heavy atom. The van der Waals surface area contributed by atoms with Crippen molar-refractivity contribution in [2.75, 3.05) is 0 Å². The van der Waals surface area contributed by atoms with Crippen LogP contribution in [0.2, 0.25) is 0 Å². The molecule has 0 N–H and O–H groups in total. The monoisotopic (exact) mass is 152 g/mol. The Balaban J connectivity index is 2.86. The van der Waals surface area contributed by atoms with Gasteiger partial charge in [0.05, 0.1) is 0 Å². The largest absolute Gasteiger partial charge is 0.302 e. The Morgan fingerprint density at radius 3 is 2.82 bits per heavy atom. The summed E-state index contributed by atoms with van der Waals surface area (Å²) in [6.45, 7) is 3.70. The highest BCUT2D eigenvalue weighted by Gasteiger charge is 2.29. The molecule has 0 aromatic carbocycles. The van der Waals surface area contributed by atoms with Crippen molar-refractivity contribution >= 4 is 12.1 Å². The van der Waals surface area contributed by atoms with Crippen molar-refractivity contribution in [1.82, 2.24) is 0 Å². The molecule has 1 aliphatic rings. The molecular formula is C9H12O2. The highest BCUT2D eigenvalue weighted by atomic mass is 16.1. The number of ketones is 1. The molecule has 1 rings (SSSR count). The van der Waals surface area contributed by atoms with Crippen LogP contribution in [0.1, 0.15) is 20.3 Å². The van der Waals surface area contributed by atoms with Gasteiger partial charge in [0, 0.05) is 11.3 Å². The summed E-state index contributed by atoms with van der Waals surface area (Å²) in [5.41, 5.74) is -0.409. The SMILES string of the molecule is CC1CC(C)(C=O)C=CC1=O. The van der Waals surface area contributed by atoms with Crippen LogP contribution < -0.4 is 0 Å². The number of allylic oxidation sites excluding steroid dienone is 2. The molecule has 0 saturated carbocycles. The Kier molecular flexibility index (Phi) is 1.94. The van der Waals surface area contributed by atoms with Gasteiger partial charge in [0.1, 0.15) is 6.29 Å². The quantitative estimate of drug-likeness (QED) is 0.531. The van der Waals surface area contributed by atoms with Crippen LogP contribution >= 0.6 is 0 Å². The molecule has 2 heteroatoms. The fourth-order valence-corrected chi connectivity index (χ4v) is 1.35. The standard InChI is InChI=1S/C9H12O2/c1-7-5-9(2,6-10)4-3-8(7)11/h3-4,6-7H,5H2,1-2H3. The van der Waals surface area contributed by atoms with Crippen molar-refractivity contribution in [1.29, 1.82) is 0 Å². The van der Waals surface area contributed by atoms with Crippen LogP contribution in [0.3, 0.4) is 0 Å². The molecule has 60 valence electrons. The van der Waals surface area contributed by atoms with Crippen molar-refractivity contribution in [2.24, 2.45) is 11.3 Å². The predicted octanol–water partition coefficient (Wildman–Crippen LogP) is 1.36. The average molecular weight is 152 g/mol. The molecule has 2 unspecified atom stereocenters. The first-order valence-corrected chi connectivity index (χ1v) is 3.77. The molecule has 0 aromatic heterocycles. The summed E-state index contributed by atoms with van der Waals surface area (Å²) in [5.74, 6) is 0.125. The second-order valence-corrected chi connectivity index (χ2v) is 3.46. The number of carbonyl (C=O) groups is 2. The molecule has 11 heavy (non-hydrogen) atoms. The first-order valence-electron chi connectivity index (χ1n) is 3.77. The van der Waals surface area contributed by atoms with Crippen LogP contribution in [-0.2, 0) is 9.59 Å². The molecule has 0 spiro atoms. The van der Waals surface area contributed by atoms with Gasteiger partial charge in [0.2, 0.25) is 0 Å². The molecule has 0 amide bonds. The van der Waals surface area contributed by atoms with Gasteiger partial charge in [-0.3, -0.25) is 4.79 Å². The van der Waals surface area contributed by atoms with Crippen LogP contribution in [-0.4, -0.2) is 12.1 Å². The fourth-order valence-electron chi connectivity index (χ4n) is 1.35. The minimum Gasteiger partial charge on any atom is -0.302 e. The number of carbonyl (C=O) groups excluding carboxylic acids is 2. The second kappa shape index (κ2) is 2.61. The number of hydrogen-bond donors (Lipinski definition) is 0. The molecule has 0 saturated heterocycles. The molecule has 0 radical (unpaired) electrons. The van der Waals surface area contributed by atoms with Gasteiger partial charge < -0.3 is 4.79 Å². The lowest BCUT2D eigenvalue weighted by Crippen LogP contribution is -2.26. The molecule has 0 aliphatic heterocycles. The Labute approximate surface area is 66.3 Å². The minimum absolute atomic E-state index is 0.00444. The first-order chi connectivity index (χ1) is 5.07. The maximum absolute atomic E-state index is 11.0. The summed E-state index contributed by atoms with van der Waals surface area (Å²) in [7, 11) is 0. The highest BCUT2D eigenvalue weighted by molar-refractivity contribution is 5.93. The van der Waals surface area contributed by atoms with E-state index in [-0.39, 0.29) is 11.7 Å². The number of hydrogen-bond acceptors (Lipinski definition) is 2. The maximum atomic E-state index is 11.0. The van der Waals surface area contributed by atoms with E-state index < -0.39 is 5.41 Å². The minimum atomic E-state index is -0.409. The van der Waals surface area contributed by atoms with Crippen LogP contribution in [0.15, 0.2) is 12.2 Å². The molecule has 0 fully saturated rings. The summed E-state index contributed by atoms with van der Waals surface area (Å²) in [6.07, 6.45) is 4.77. The van der Waals surface area contributed by atoms with Crippen molar-refractivity contribution in [2.45, 2.75) is 20.3 Å². The van der Waals surface area contributed by atoms with Gasteiger partial charge >= 0.3 is 0 Å². The third-order valence-electron chi connectivity index (χ3n) is 2.13. The van der Waals surface area contributed by atoms with Crippen LogP contribution in [0.25, 0.3) is 0 Å². The van der Waals surface area contributed by atoms with Crippen LogP contribution in [0.4, 0.5) is 0 Å². The van der Waals surface area contributed by atoms with E-state index in [2.05, 4.69) is 0 Å². The Morgan fingerprint density at radius 2 is 2.36 bits per heavy atom. The van der Waals surface area contributed by atoms with Gasteiger partial charge in [-0.15, -0.1) is 0 Å². The first kappa shape index (κ1) is 8.18. The summed E-state index contributed by atoms with van der Waals surface area (Å²) in [5, 5.41) is 0. The molecular weight excluding hydrogens is 140 g/mol. The van der Waals surface area contributed by atoms with Crippen molar-refractivity contribution in [3.8, 4) is 0 Å². The molecule has 0 heterocycles. The van der Waals surface area contributed by atoms with E-state index in [0.717, 1.165) is 6.29 Å². The van der Waals surface area contributed by atoms with Crippen molar-refractivity contribution in [3.63, 3.8) is 0 Å². The maximum Gasteiger partial charge on any atom is 0.158 e. The molecule has 2 atom stereocenters. The van der Waals surface area contributed by atoms with Gasteiger partial charge in [-0.05, 0) is 19.4 Å². The topological polar surface area (TPSA) is 34.1 Å². The second-order valence-electron chi connectivity index (χ2n) is 3.46. The lowest BCUT2D eigenvalue weighted by Gasteiger charge is -2.25. The number of aldehydes is 1. The summed E-state index contributed by atoms with van der Waals surface area (Å²) in [4.78, 5) is 21.6. The van der Waals surface area contributed by atoms with Crippen molar-refractivity contribution in [3.05, 3.63) is 12.2 Å². The van der Waals surface area contributed by atoms with Gasteiger partial charge in [0.25, 0.3) is 0 Å². The fraction of sp³-hybridized carbons (Fsp3) is 0.556. The average Bonchev–Trinajstić information content (AvgIpc) is 1.98. The van der Waals surface area contributed by atoms with E-state index in [1.54, 1.807) is 6.08 Å². The van der Waals surface area contributed by atoms with Gasteiger partial charge in [-0.25, -0.2) is 0 Å². The number of rotatable bonds is 1. The van der Waals surface area contributed by atoms with E-state index >= 15 is 0 Å². The Hall–Kier alpha value is -0.920. The zero-order valence-electron chi connectivity index (χ0n) is 6.83. The summed E-state index contributed by atoms with van der Waals surface area (Å²) < 4.78 is 0. The lowest BCUT2D eigenvalue weighted by molar-refractivity contribution is -0.121. The smallest absolute Gasteiger partial charge is 0.158 e. The van der Waals surface area contributed by atoms with E-state index in [4.69, 9.17) is 0 Å². The summed E-state index contributed by atoms with van der Waals surface area (Å²) >= 11 is 0. The predicted molar refractivity (Wildman–Crippen MR) is 42.1 cm³/mol. The lowest BCUT2D eigenvalue weighted by atomic mass is 9.77. The third-order valence-corrected chi connectivity index (χ3v) is 2.13. The zero-order valence-corrected chi connectivity index (χ0v) is 6.83. The van der Waals surface area contributed by atoms with E-state index in [0.29, 0.717) is 6.42 Å². The highest BCUT2D eigenvalue weighted by Crippen LogP contribution is 2.29. The zero-order chi connectivity index (χ0) is 8.48. The van der Waals surface area contributed by atoms with E-state index in [1.807, 2.05) is 13.8 Å². The van der Waals surface area contributed by atoms with Crippen LogP contribution in [0, 0.1) is 11.3 Å². The normalized spacial score (nSPS) is 37.3. The molecule has 1 aliphatic carbocycles. The molecule has 0 aromatic rings. The summed E-state index contributed by atoms with van der Waals surface area (Å²) in [6, 6.07) is 0. The van der Waals surface area contributed by atoms with Crippen LogP contribution in [0.5, 0.6) is 0 Å². The Bertz CT molecular complexity index is 218. The van der Waals surface area contributed by atoms with E-state index in [9.17, 15) is 9.59 Å². The van der Waals surface area contributed by atoms with Crippen molar-refractivity contribution < 1.29 is 9.59 Å². The van der Waals surface area contributed by atoms with Gasteiger partial charge in [-0.2, -0.15) is 0 Å². The third kappa shape index (κ3) is 1.56. The van der Waals surface area contributed by atoms with Gasteiger partial charge in [-0.1, -0.05) is 13.0 Å².